The molecule has 0 spiro atoms. The third-order valence-electron chi connectivity index (χ3n) is 4.66. The third-order valence-corrected chi connectivity index (χ3v) is 4.66. The van der Waals surface area contributed by atoms with Gasteiger partial charge in [0.15, 0.2) is 0 Å². The number of benzene rings is 2. The monoisotopic (exact) mass is 387 g/mol. The SMILES string of the molecule is CCOc1ccccc1Nc1cc(NCCc2c[nH]c3ccccc23)nc(C)n1. The molecule has 0 aliphatic carbocycles. The van der Waals surface area contributed by atoms with E-state index in [0.29, 0.717) is 12.4 Å². The molecule has 4 rings (SSSR count). The third kappa shape index (κ3) is 4.48. The van der Waals surface area contributed by atoms with Gasteiger partial charge < -0.3 is 20.4 Å². The minimum atomic E-state index is 0.613. The Morgan fingerprint density at radius 2 is 1.79 bits per heavy atom. The second kappa shape index (κ2) is 8.65. The quantitative estimate of drug-likeness (QED) is 0.394. The topological polar surface area (TPSA) is 74.9 Å². The number of H-pyrrole nitrogens is 1. The zero-order chi connectivity index (χ0) is 20.1. The van der Waals surface area contributed by atoms with Crippen molar-refractivity contribution < 1.29 is 4.74 Å². The lowest BCUT2D eigenvalue weighted by molar-refractivity contribution is 0.342. The average molecular weight is 387 g/mol. The predicted octanol–water partition coefficient (Wildman–Crippen LogP) is 5.06. The van der Waals surface area contributed by atoms with Gasteiger partial charge in [0.1, 0.15) is 23.2 Å². The van der Waals surface area contributed by atoms with E-state index < -0.39 is 0 Å². The summed E-state index contributed by atoms with van der Waals surface area (Å²) in [5, 5.41) is 8.03. The van der Waals surface area contributed by atoms with Crippen LogP contribution in [-0.2, 0) is 6.42 Å². The first-order valence-corrected chi connectivity index (χ1v) is 9.86. The second-order valence-corrected chi connectivity index (χ2v) is 6.78. The van der Waals surface area contributed by atoms with E-state index in [0.717, 1.165) is 36.0 Å². The van der Waals surface area contributed by atoms with Gasteiger partial charge in [0.25, 0.3) is 0 Å². The summed E-state index contributed by atoms with van der Waals surface area (Å²) in [5.74, 6) is 3.05. The predicted molar refractivity (Wildman–Crippen MR) is 118 cm³/mol. The summed E-state index contributed by atoms with van der Waals surface area (Å²) in [4.78, 5) is 12.3. The first-order valence-electron chi connectivity index (χ1n) is 9.86. The Bertz CT molecular complexity index is 1110. The van der Waals surface area contributed by atoms with E-state index in [4.69, 9.17) is 4.74 Å². The number of aromatic nitrogens is 3. The van der Waals surface area contributed by atoms with Crippen molar-refractivity contribution in [3.05, 3.63) is 72.2 Å². The average Bonchev–Trinajstić information content (AvgIpc) is 3.13. The Morgan fingerprint density at radius 1 is 1.00 bits per heavy atom. The van der Waals surface area contributed by atoms with Crippen molar-refractivity contribution in [2.24, 2.45) is 0 Å². The molecule has 6 heteroatoms. The van der Waals surface area contributed by atoms with Crippen LogP contribution in [0.25, 0.3) is 10.9 Å². The molecule has 6 nitrogen and oxygen atoms in total. The lowest BCUT2D eigenvalue weighted by Gasteiger charge is -2.13. The highest BCUT2D eigenvalue weighted by Gasteiger charge is 2.07. The zero-order valence-electron chi connectivity index (χ0n) is 16.7. The summed E-state index contributed by atoms with van der Waals surface area (Å²) in [5.41, 5.74) is 3.35. The maximum atomic E-state index is 5.69. The van der Waals surface area contributed by atoms with E-state index >= 15 is 0 Å². The number of ether oxygens (including phenoxy) is 1. The fourth-order valence-corrected chi connectivity index (χ4v) is 3.38. The molecule has 148 valence electrons. The number of aromatic amines is 1. The van der Waals surface area contributed by atoms with Crippen LogP contribution in [0.2, 0.25) is 0 Å². The van der Waals surface area contributed by atoms with E-state index in [2.05, 4.69) is 50.0 Å². The number of rotatable bonds is 8. The van der Waals surface area contributed by atoms with Crippen molar-refractivity contribution in [2.45, 2.75) is 20.3 Å². The van der Waals surface area contributed by atoms with Gasteiger partial charge in [-0.15, -0.1) is 0 Å². The molecule has 0 aliphatic heterocycles. The van der Waals surface area contributed by atoms with Crippen LogP contribution in [0.4, 0.5) is 17.3 Å². The summed E-state index contributed by atoms with van der Waals surface area (Å²) in [6.07, 6.45) is 2.98. The Hall–Kier alpha value is -3.54. The molecule has 0 bridgehead atoms. The van der Waals surface area contributed by atoms with Crippen LogP contribution in [0, 0.1) is 6.92 Å². The minimum absolute atomic E-state index is 0.613. The van der Waals surface area contributed by atoms with Crippen molar-refractivity contribution >= 4 is 28.2 Å². The van der Waals surface area contributed by atoms with Crippen LogP contribution >= 0.6 is 0 Å². The summed E-state index contributed by atoms with van der Waals surface area (Å²) in [6.45, 7) is 5.27. The molecule has 4 aromatic rings. The molecule has 2 aromatic carbocycles. The van der Waals surface area contributed by atoms with Gasteiger partial charge in [0.2, 0.25) is 0 Å². The van der Waals surface area contributed by atoms with Gasteiger partial charge in [-0.25, -0.2) is 9.97 Å². The summed E-state index contributed by atoms with van der Waals surface area (Å²) < 4.78 is 5.69. The van der Waals surface area contributed by atoms with Crippen molar-refractivity contribution in [3.63, 3.8) is 0 Å². The van der Waals surface area contributed by atoms with Gasteiger partial charge in [0.05, 0.1) is 12.3 Å². The lowest BCUT2D eigenvalue weighted by atomic mass is 10.1. The van der Waals surface area contributed by atoms with Crippen LogP contribution in [0.15, 0.2) is 60.8 Å². The van der Waals surface area contributed by atoms with Crippen LogP contribution in [-0.4, -0.2) is 28.1 Å². The molecular weight excluding hydrogens is 362 g/mol. The largest absolute Gasteiger partial charge is 0.492 e. The van der Waals surface area contributed by atoms with Gasteiger partial charge >= 0.3 is 0 Å². The Labute approximate surface area is 170 Å². The van der Waals surface area contributed by atoms with Gasteiger partial charge in [-0.1, -0.05) is 30.3 Å². The highest BCUT2D eigenvalue weighted by atomic mass is 16.5. The number of aryl methyl sites for hydroxylation is 1. The zero-order valence-corrected chi connectivity index (χ0v) is 16.7. The number of fused-ring (bicyclic) bond motifs is 1. The normalized spacial score (nSPS) is 10.8. The molecule has 0 saturated carbocycles. The molecule has 0 saturated heterocycles. The Kier molecular flexibility index (Phi) is 5.61. The maximum Gasteiger partial charge on any atom is 0.142 e. The molecular formula is C23H25N5O. The fourth-order valence-electron chi connectivity index (χ4n) is 3.38. The number of nitrogens with one attached hydrogen (secondary N) is 3. The number of para-hydroxylation sites is 3. The van der Waals surface area contributed by atoms with Gasteiger partial charge in [0, 0.05) is 29.7 Å². The minimum Gasteiger partial charge on any atom is -0.492 e. The summed E-state index contributed by atoms with van der Waals surface area (Å²) >= 11 is 0. The van der Waals surface area contributed by atoms with Crippen LogP contribution in [0.1, 0.15) is 18.3 Å². The highest BCUT2D eigenvalue weighted by Crippen LogP contribution is 2.27. The van der Waals surface area contributed by atoms with E-state index in [-0.39, 0.29) is 0 Å². The molecule has 0 amide bonds. The molecule has 2 aromatic heterocycles. The van der Waals surface area contributed by atoms with Crippen LogP contribution in [0.5, 0.6) is 5.75 Å². The summed E-state index contributed by atoms with van der Waals surface area (Å²) in [6, 6.07) is 18.1. The van der Waals surface area contributed by atoms with Crippen LogP contribution in [0.3, 0.4) is 0 Å². The maximum absolute atomic E-state index is 5.69. The molecule has 0 atom stereocenters. The molecule has 0 unspecified atom stereocenters. The molecule has 3 N–H and O–H groups in total. The van der Waals surface area contributed by atoms with E-state index in [1.54, 1.807) is 0 Å². The first-order chi connectivity index (χ1) is 14.2. The van der Waals surface area contributed by atoms with Crippen molar-refractivity contribution in [1.29, 1.82) is 0 Å². The van der Waals surface area contributed by atoms with Crippen molar-refractivity contribution in [1.82, 2.24) is 15.0 Å². The number of nitrogens with zero attached hydrogens (tertiary/aromatic N) is 2. The Balaban J connectivity index is 1.44. The molecule has 0 radical (unpaired) electrons. The molecule has 29 heavy (non-hydrogen) atoms. The van der Waals surface area contributed by atoms with E-state index in [9.17, 15) is 0 Å². The number of anilines is 3. The fraction of sp³-hybridized carbons (Fsp3) is 0.217. The molecule has 0 fully saturated rings. The van der Waals surface area contributed by atoms with Crippen molar-refractivity contribution in [3.8, 4) is 5.75 Å². The highest BCUT2D eigenvalue weighted by molar-refractivity contribution is 5.83. The van der Waals surface area contributed by atoms with E-state index in [1.807, 2.05) is 50.2 Å². The van der Waals surface area contributed by atoms with Gasteiger partial charge in [-0.2, -0.15) is 0 Å². The second-order valence-electron chi connectivity index (χ2n) is 6.78. The number of hydrogen-bond acceptors (Lipinski definition) is 5. The first kappa shape index (κ1) is 18.8. The van der Waals surface area contributed by atoms with Crippen LogP contribution < -0.4 is 15.4 Å². The van der Waals surface area contributed by atoms with Gasteiger partial charge in [-0.05, 0) is 44.0 Å². The Morgan fingerprint density at radius 3 is 2.69 bits per heavy atom. The standard InChI is InChI=1S/C23H25N5O/c1-3-29-21-11-7-6-10-20(21)28-23-14-22(26-16(2)27-23)24-13-12-17-15-25-19-9-5-4-8-18(17)19/h4-11,14-15,25H,3,12-13H2,1-2H3,(H2,24,26,27,28). The molecule has 2 heterocycles. The smallest absolute Gasteiger partial charge is 0.142 e. The number of hydrogen-bond donors (Lipinski definition) is 3. The van der Waals surface area contributed by atoms with E-state index in [1.165, 1.54) is 16.5 Å². The van der Waals surface area contributed by atoms with Gasteiger partial charge in [-0.3, -0.25) is 0 Å². The van der Waals surface area contributed by atoms with Crippen molar-refractivity contribution in [2.75, 3.05) is 23.8 Å². The summed E-state index contributed by atoms with van der Waals surface area (Å²) in [7, 11) is 0. The lowest BCUT2D eigenvalue weighted by Crippen LogP contribution is -2.08. The molecule has 0 aliphatic rings.